The van der Waals surface area contributed by atoms with Crippen LogP contribution in [-0.2, 0) is 11.2 Å². The van der Waals surface area contributed by atoms with E-state index in [0.29, 0.717) is 29.7 Å². The summed E-state index contributed by atoms with van der Waals surface area (Å²) in [5.41, 5.74) is 2.67. The molecule has 0 radical (unpaired) electrons. The van der Waals surface area contributed by atoms with Gasteiger partial charge in [-0.15, -0.1) is 0 Å². The lowest BCUT2D eigenvalue weighted by Crippen LogP contribution is -2.24. The smallest absolute Gasteiger partial charge is 0.345 e. The molecule has 0 aromatic heterocycles. The molecule has 0 bridgehead atoms. The molecule has 1 heterocycles. The number of Topliss-reactive ketones (excluding diaryl/α,β-unsaturated/α-hetero) is 1. The van der Waals surface area contributed by atoms with Crippen LogP contribution >= 0.6 is 0 Å². The molecule has 0 saturated carbocycles. The number of ketones is 1. The Labute approximate surface area is 111 Å². The Bertz CT molecular complexity index is 572. The number of aliphatic carboxylic acids is 1. The Morgan fingerprint density at radius 1 is 1.47 bits per heavy atom. The molecule has 1 aliphatic rings. The average Bonchev–Trinajstić information content (AvgIpc) is 2.81. The van der Waals surface area contributed by atoms with E-state index in [9.17, 15) is 9.59 Å². The Hall–Kier alpha value is -2.10. The van der Waals surface area contributed by atoms with Crippen LogP contribution < -0.4 is 4.74 Å². The molecule has 100 valence electrons. The number of ether oxygens (including phenoxy) is 1. The summed E-state index contributed by atoms with van der Waals surface area (Å²) >= 11 is 0. The predicted octanol–water partition coefficient (Wildman–Crippen LogP) is 2.53. The van der Waals surface area contributed by atoms with E-state index >= 15 is 0 Å². The highest BCUT2D eigenvalue weighted by Gasteiger charge is 2.30. The third kappa shape index (κ3) is 2.38. The maximum atomic E-state index is 12.1. The van der Waals surface area contributed by atoms with Crippen LogP contribution in [0.15, 0.2) is 24.3 Å². The van der Waals surface area contributed by atoms with E-state index in [1.807, 2.05) is 13.8 Å². The first kappa shape index (κ1) is 13.3. The van der Waals surface area contributed by atoms with Gasteiger partial charge in [-0.1, -0.05) is 13.5 Å². The van der Waals surface area contributed by atoms with E-state index < -0.39 is 12.1 Å². The molecule has 1 aliphatic heterocycles. The molecule has 4 nitrogen and oxygen atoms in total. The Morgan fingerprint density at radius 3 is 2.74 bits per heavy atom. The summed E-state index contributed by atoms with van der Waals surface area (Å²) in [6.45, 7) is 7.43. The van der Waals surface area contributed by atoms with E-state index in [2.05, 4.69) is 6.58 Å². The predicted molar refractivity (Wildman–Crippen MR) is 70.7 cm³/mol. The van der Waals surface area contributed by atoms with E-state index in [4.69, 9.17) is 9.84 Å². The van der Waals surface area contributed by atoms with Crippen molar-refractivity contribution < 1.29 is 19.4 Å². The molecule has 0 saturated heterocycles. The number of carbonyl (C=O) groups excluding carboxylic acids is 1. The van der Waals surface area contributed by atoms with Crippen molar-refractivity contribution in [1.29, 1.82) is 0 Å². The number of allylic oxidation sites excluding steroid dienone is 1. The first-order valence-electron chi connectivity index (χ1n) is 6.19. The van der Waals surface area contributed by atoms with Crippen LogP contribution in [0.4, 0.5) is 0 Å². The highest BCUT2D eigenvalue weighted by atomic mass is 16.5. The van der Waals surface area contributed by atoms with Crippen molar-refractivity contribution in [2.75, 3.05) is 0 Å². The summed E-state index contributed by atoms with van der Waals surface area (Å²) in [6.07, 6.45) is 0.0440. The van der Waals surface area contributed by atoms with Crippen molar-refractivity contribution in [3.8, 4) is 5.75 Å². The lowest BCUT2D eigenvalue weighted by molar-refractivity contribution is -0.144. The van der Waals surface area contributed by atoms with Crippen molar-refractivity contribution in [2.24, 2.45) is 0 Å². The van der Waals surface area contributed by atoms with E-state index in [-0.39, 0.29) is 5.78 Å². The lowest BCUT2D eigenvalue weighted by Gasteiger charge is -2.08. The molecule has 1 atom stereocenters. The fraction of sp³-hybridized carbons (Fsp3) is 0.333. The Balaban J connectivity index is 2.37. The van der Waals surface area contributed by atoms with Gasteiger partial charge in [0.25, 0.3) is 0 Å². The maximum absolute atomic E-state index is 12.1. The third-order valence-corrected chi connectivity index (χ3v) is 3.30. The first-order chi connectivity index (χ1) is 8.93. The summed E-state index contributed by atoms with van der Waals surface area (Å²) < 4.78 is 5.39. The molecule has 1 unspecified atom stereocenters. The molecule has 1 aromatic rings. The third-order valence-electron chi connectivity index (χ3n) is 3.30. The number of benzene rings is 1. The van der Waals surface area contributed by atoms with Gasteiger partial charge in [-0.3, -0.25) is 4.79 Å². The average molecular weight is 260 g/mol. The summed E-state index contributed by atoms with van der Waals surface area (Å²) in [7, 11) is 0. The monoisotopic (exact) mass is 260 g/mol. The molecule has 0 amide bonds. The molecule has 19 heavy (non-hydrogen) atoms. The maximum Gasteiger partial charge on any atom is 0.345 e. The number of aryl methyl sites for hydroxylation is 1. The highest BCUT2D eigenvalue weighted by Crippen LogP contribution is 2.34. The molecule has 0 fully saturated rings. The zero-order valence-electron chi connectivity index (χ0n) is 11.0. The standard InChI is InChI=1S/C15H16O4/c1-4-8(2)13(16)10-5-9(3)14-11(6-10)7-12(19-14)15(17)18/h5-6,12H,2,4,7H2,1,3H3,(H,17,18). The Kier molecular flexibility index (Phi) is 3.42. The second-order valence-corrected chi connectivity index (χ2v) is 4.72. The van der Waals surface area contributed by atoms with Gasteiger partial charge in [-0.2, -0.15) is 0 Å². The lowest BCUT2D eigenvalue weighted by atomic mass is 9.97. The van der Waals surface area contributed by atoms with E-state index in [0.717, 1.165) is 11.1 Å². The second kappa shape index (κ2) is 4.88. The topological polar surface area (TPSA) is 63.6 Å². The zero-order valence-corrected chi connectivity index (χ0v) is 11.0. The molecular formula is C15H16O4. The van der Waals surface area contributed by atoms with Crippen LogP contribution in [0.3, 0.4) is 0 Å². The normalized spacial score (nSPS) is 16.6. The number of carbonyl (C=O) groups is 2. The highest BCUT2D eigenvalue weighted by molar-refractivity contribution is 6.08. The first-order valence-corrected chi connectivity index (χ1v) is 6.19. The minimum atomic E-state index is -0.985. The van der Waals surface area contributed by atoms with Gasteiger partial charge in [0.15, 0.2) is 11.9 Å². The van der Waals surface area contributed by atoms with Gasteiger partial charge < -0.3 is 9.84 Å². The molecule has 0 aliphatic carbocycles. The largest absolute Gasteiger partial charge is 0.478 e. The van der Waals surface area contributed by atoms with Crippen LogP contribution in [-0.4, -0.2) is 23.0 Å². The minimum absolute atomic E-state index is 0.0906. The number of hydrogen-bond donors (Lipinski definition) is 1. The van der Waals surface area contributed by atoms with Gasteiger partial charge in [-0.25, -0.2) is 4.79 Å². The van der Waals surface area contributed by atoms with Gasteiger partial charge in [0.2, 0.25) is 0 Å². The number of rotatable bonds is 4. The van der Waals surface area contributed by atoms with Crippen molar-refractivity contribution in [2.45, 2.75) is 32.8 Å². The van der Waals surface area contributed by atoms with Crippen molar-refractivity contribution in [3.63, 3.8) is 0 Å². The fourth-order valence-corrected chi connectivity index (χ4v) is 2.18. The summed E-state index contributed by atoms with van der Waals surface area (Å²) in [4.78, 5) is 23.0. The second-order valence-electron chi connectivity index (χ2n) is 4.72. The van der Waals surface area contributed by atoms with Crippen LogP contribution in [0.25, 0.3) is 0 Å². The summed E-state index contributed by atoms with van der Waals surface area (Å²) in [5, 5.41) is 8.98. The van der Waals surface area contributed by atoms with E-state index in [1.165, 1.54) is 0 Å². The van der Waals surface area contributed by atoms with Crippen LogP contribution in [0.5, 0.6) is 5.75 Å². The van der Waals surface area contributed by atoms with Gasteiger partial charge >= 0.3 is 5.97 Å². The van der Waals surface area contributed by atoms with Gasteiger partial charge in [-0.05, 0) is 42.2 Å². The molecule has 1 aromatic carbocycles. The fourth-order valence-electron chi connectivity index (χ4n) is 2.18. The summed E-state index contributed by atoms with van der Waals surface area (Å²) in [6, 6.07) is 3.45. The van der Waals surface area contributed by atoms with Crippen LogP contribution in [0.1, 0.15) is 34.8 Å². The van der Waals surface area contributed by atoms with Gasteiger partial charge in [0.05, 0.1) is 0 Å². The van der Waals surface area contributed by atoms with E-state index in [1.54, 1.807) is 12.1 Å². The van der Waals surface area contributed by atoms with Gasteiger partial charge in [0.1, 0.15) is 5.75 Å². The van der Waals surface area contributed by atoms with Crippen molar-refractivity contribution >= 4 is 11.8 Å². The van der Waals surface area contributed by atoms with Crippen LogP contribution in [0.2, 0.25) is 0 Å². The molecule has 1 N–H and O–H groups in total. The SMILES string of the molecule is C=C(CC)C(=O)c1cc(C)c2c(c1)CC(C(=O)O)O2. The summed E-state index contributed by atoms with van der Waals surface area (Å²) in [5.74, 6) is -0.486. The Morgan fingerprint density at radius 2 is 2.16 bits per heavy atom. The van der Waals surface area contributed by atoms with Gasteiger partial charge in [0, 0.05) is 12.0 Å². The molecule has 0 spiro atoms. The number of hydrogen-bond acceptors (Lipinski definition) is 3. The quantitative estimate of drug-likeness (QED) is 0.667. The number of carboxylic acids is 1. The number of fused-ring (bicyclic) bond motifs is 1. The van der Waals surface area contributed by atoms with Crippen LogP contribution in [0, 0.1) is 6.92 Å². The molecule has 4 heteroatoms. The molecule has 2 rings (SSSR count). The zero-order chi connectivity index (χ0) is 14.2. The van der Waals surface area contributed by atoms with Crippen molar-refractivity contribution in [1.82, 2.24) is 0 Å². The number of carboxylic acid groups (broad SMARTS) is 1. The molecular weight excluding hydrogens is 244 g/mol. The minimum Gasteiger partial charge on any atom is -0.478 e. The van der Waals surface area contributed by atoms with Crippen molar-refractivity contribution in [3.05, 3.63) is 41.0 Å².